The van der Waals surface area contributed by atoms with Gasteiger partial charge in [-0.15, -0.1) is 0 Å². The van der Waals surface area contributed by atoms with Gasteiger partial charge in [-0.3, -0.25) is 0 Å². The molecule has 0 fully saturated rings. The lowest BCUT2D eigenvalue weighted by molar-refractivity contribution is 0.317. The molecule has 2 unspecified atom stereocenters. The summed E-state index contributed by atoms with van der Waals surface area (Å²) in [6, 6.07) is 8.48. The minimum absolute atomic E-state index is 0.568. The molecular formula is C14H21BrO. The topological polar surface area (TPSA) is 9.23 Å². The zero-order valence-corrected chi connectivity index (χ0v) is 12.0. The molecule has 2 heteroatoms. The van der Waals surface area contributed by atoms with Gasteiger partial charge in [-0.1, -0.05) is 48.8 Å². The highest BCUT2D eigenvalue weighted by atomic mass is 79.9. The summed E-state index contributed by atoms with van der Waals surface area (Å²) in [4.78, 5) is 0.568. The predicted octanol–water partition coefficient (Wildman–Crippen LogP) is 4.75. The SMILES string of the molecule is CCCOc1ccc(C(C)CC(C)Br)cc1. The second-order valence-electron chi connectivity index (χ2n) is 4.34. The van der Waals surface area contributed by atoms with Gasteiger partial charge >= 0.3 is 0 Å². The molecule has 1 aromatic rings. The summed E-state index contributed by atoms with van der Waals surface area (Å²) in [6.45, 7) is 7.37. The van der Waals surface area contributed by atoms with E-state index in [1.165, 1.54) is 5.56 Å². The van der Waals surface area contributed by atoms with Crippen molar-refractivity contribution >= 4 is 15.9 Å². The van der Waals surface area contributed by atoms with Crippen LogP contribution in [0.1, 0.15) is 45.1 Å². The van der Waals surface area contributed by atoms with Gasteiger partial charge in [-0.25, -0.2) is 0 Å². The quantitative estimate of drug-likeness (QED) is 0.685. The smallest absolute Gasteiger partial charge is 0.119 e. The average Bonchev–Trinajstić information content (AvgIpc) is 2.26. The number of halogens is 1. The van der Waals surface area contributed by atoms with Gasteiger partial charge in [0.05, 0.1) is 6.61 Å². The summed E-state index contributed by atoms with van der Waals surface area (Å²) in [5.74, 6) is 1.57. The highest BCUT2D eigenvalue weighted by Gasteiger charge is 2.08. The van der Waals surface area contributed by atoms with Crippen molar-refractivity contribution in [1.82, 2.24) is 0 Å². The summed E-state index contributed by atoms with van der Waals surface area (Å²) in [7, 11) is 0. The Balaban J connectivity index is 2.56. The molecule has 0 bridgehead atoms. The molecule has 0 aliphatic carbocycles. The Bertz CT molecular complexity index is 292. The van der Waals surface area contributed by atoms with E-state index in [1.54, 1.807) is 0 Å². The zero-order chi connectivity index (χ0) is 12.0. The first-order valence-corrected chi connectivity index (χ1v) is 6.92. The number of ether oxygens (including phenoxy) is 1. The van der Waals surface area contributed by atoms with E-state index in [0.29, 0.717) is 10.7 Å². The average molecular weight is 285 g/mol. The predicted molar refractivity (Wildman–Crippen MR) is 73.6 cm³/mol. The highest BCUT2D eigenvalue weighted by molar-refractivity contribution is 9.09. The molecule has 0 spiro atoms. The van der Waals surface area contributed by atoms with Crippen molar-refractivity contribution in [2.75, 3.05) is 6.61 Å². The van der Waals surface area contributed by atoms with Crippen LogP contribution >= 0.6 is 15.9 Å². The lowest BCUT2D eigenvalue weighted by Crippen LogP contribution is -2.01. The van der Waals surface area contributed by atoms with Crippen LogP contribution in [0.5, 0.6) is 5.75 Å². The molecule has 0 aliphatic heterocycles. The van der Waals surface area contributed by atoms with Crippen molar-refractivity contribution in [3.05, 3.63) is 29.8 Å². The van der Waals surface area contributed by atoms with Crippen molar-refractivity contribution in [3.63, 3.8) is 0 Å². The van der Waals surface area contributed by atoms with E-state index in [0.717, 1.165) is 25.2 Å². The Labute approximate surface area is 107 Å². The molecule has 0 N–H and O–H groups in total. The molecule has 0 radical (unpaired) electrons. The van der Waals surface area contributed by atoms with Crippen LogP contribution in [-0.2, 0) is 0 Å². The number of alkyl halides is 1. The van der Waals surface area contributed by atoms with Gasteiger partial charge in [0.15, 0.2) is 0 Å². The summed E-state index contributed by atoms with van der Waals surface area (Å²) in [5.41, 5.74) is 1.38. The van der Waals surface area contributed by atoms with E-state index < -0.39 is 0 Å². The Morgan fingerprint density at radius 2 is 1.81 bits per heavy atom. The first-order chi connectivity index (χ1) is 7.63. The maximum atomic E-state index is 5.56. The fourth-order valence-electron chi connectivity index (χ4n) is 1.74. The molecule has 0 saturated heterocycles. The maximum Gasteiger partial charge on any atom is 0.119 e. The summed E-state index contributed by atoms with van der Waals surface area (Å²) >= 11 is 3.60. The van der Waals surface area contributed by atoms with E-state index in [1.807, 2.05) is 0 Å². The standard InChI is InChI=1S/C14H21BrO/c1-4-9-16-14-7-5-13(6-8-14)11(2)10-12(3)15/h5-8,11-12H,4,9-10H2,1-3H3. The molecule has 1 aromatic carbocycles. The van der Waals surface area contributed by atoms with Crippen LogP contribution in [-0.4, -0.2) is 11.4 Å². The van der Waals surface area contributed by atoms with Crippen LogP contribution in [0.15, 0.2) is 24.3 Å². The molecule has 16 heavy (non-hydrogen) atoms. The van der Waals surface area contributed by atoms with Gasteiger partial charge in [-0.2, -0.15) is 0 Å². The van der Waals surface area contributed by atoms with Gasteiger partial charge in [0.25, 0.3) is 0 Å². The molecule has 0 heterocycles. The second kappa shape index (κ2) is 6.95. The van der Waals surface area contributed by atoms with Gasteiger partial charge in [0, 0.05) is 4.83 Å². The molecule has 1 nitrogen and oxygen atoms in total. The van der Waals surface area contributed by atoms with Crippen LogP contribution in [0.2, 0.25) is 0 Å². The Morgan fingerprint density at radius 1 is 1.19 bits per heavy atom. The first-order valence-electron chi connectivity index (χ1n) is 6.00. The first kappa shape index (κ1) is 13.6. The number of hydrogen-bond donors (Lipinski definition) is 0. The van der Waals surface area contributed by atoms with Gasteiger partial charge in [-0.05, 0) is 36.5 Å². The normalized spacial score (nSPS) is 14.5. The van der Waals surface area contributed by atoms with Gasteiger partial charge in [0.1, 0.15) is 5.75 Å². The highest BCUT2D eigenvalue weighted by Crippen LogP contribution is 2.25. The third-order valence-corrected chi connectivity index (χ3v) is 2.97. The monoisotopic (exact) mass is 284 g/mol. The van der Waals surface area contributed by atoms with Crippen LogP contribution < -0.4 is 4.74 Å². The van der Waals surface area contributed by atoms with Crippen molar-refractivity contribution < 1.29 is 4.74 Å². The number of hydrogen-bond acceptors (Lipinski definition) is 1. The largest absolute Gasteiger partial charge is 0.494 e. The van der Waals surface area contributed by atoms with Crippen LogP contribution in [0.3, 0.4) is 0 Å². The number of rotatable bonds is 6. The zero-order valence-electron chi connectivity index (χ0n) is 10.4. The van der Waals surface area contributed by atoms with Gasteiger partial charge < -0.3 is 4.74 Å². The van der Waals surface area contributed by atoms with E-state index >= 15 is 0 Å². The minimum Gasteiger partial charge on any atom is -0.494 e. The van der Waals surface area contributed by atoms with Crippen molar-refractivity contribution in [3.8, 4) is 5.75 Å². The molecule has 0 saturated carbocycles. The molecule has 0 amide bonds. The fraction of sp³-hybridized carbons (Fsp3) is 0.571. The lowest BCUT2D eigenvalue weighted by atomic mass is 9.97. The second-order valence-corrected chi connectivity index (χ2v) is 5.90. The molecule has 0 aromatic heterocycles. The van der Waals surface area contributed by atoms with E-state index in [9.17, 15) is 0 Å². The van der Waals surface area contributed by atoms with Crippen LogP contribution in [0.25, 0.3) is 0 Å². The molecule has 1 rings (SSSR count). The molecular weight excluding hydrogens is 264 g/mol. The minimum atomic E-state index is 0.568. The molecule has 2 atom stereocenters. The van der Waals surface area contributed by atoms with Gasteiger partial charge in [0.2, 0.25) is 0 Å². The van der Waals surface area contributed by atoms with Crippen LogP contribution in [0.4, 0.5) is 0 Å². The van der Waals surface area contributed by atoms with Crippen LogP contribution in [0, 0.1) is 0 Å². The molecule has 0 aliphatic rings. The third kappa shape index (κ3) is 4.56. The van der Waals surface area contributed by atoms with Crippen molar-refractivity contribution in [1.29, 1.82) is 0 Å². The van der Waals surface area contributed by atoms with E-state index in [4.69, 9.17) is 4.74 Å². The maximum absolute atomic E-state index is 5.56. The number of benzene rings is 1. The Morgan fingerprint density at radius 3 is 2.31 bits per heavy atom. The van der Waals surface area contributed by atoms with E-state index in [-0.39, 0.29) is 0 Å². The summed E-state index contributed by atoms with van der Waals surface area (Å²) < 4.78 is 5.56. The van der Waals surface area contributed by atoms with Crippen molar-refractivity contribution in [2.45, 2.75) is 44.4 Å². The fourth-order valence-corrected chi connectivity index (χ4v) is 2.30. The lowest BCUT2D eigenvalue weighted by Gasteiger charge is -2.14. The Kier molecular flexibility index (Phi) is 5.89. The van der Waals surface area contributed by atoms with Crippen molar-refractivity contribution in [2.24, 2.45) is 0 Å². The summed E-state index contributed by atoms with van der Waals surface area (Å²) in [6.07, 6.45) is 2.22. The summed E-state index contributed by atoms with van der Waals surface area (Å²) in [5, 5.41) is 0. The third-order valence-electron chi connectivity index (χ3n) is 2.60. The Hall–Kier alpha value is -0.500. The molecule has 90 valence electrons. The van der Waals surface area contributed by atoms with E-state index in [2.05, 4.69) is 61.0 Å².